The number of aliphatic imine (C=N–C) groups is 1. The average Bonchev–Trinajstić information content (AvgIpc) is 2.54. The lowest BCUT2D eigenvalue weighted by atomic mass is 10.2. The Kier molecular flexibility index (Phi) is 3.31. The van der Waals surface area contributed by atoms with E-state index in [4.69, 9.17) is 23.2 Å². The van der Waals surface area contributed by atoms with Gasteiger partial charge in [0.2, 0.25) is 0 Å². The number of aromatic nitrogens is 1. The summed E-state index contributed by atoms with van der Waals surface area (Å²) in [6, 6.07) is 8.89. The van der Waals surface area contributed by atoms with Crippen molar-refractivity contribution in [3.63, 3.8) is 0 Å². The molecule has 0 bridgehead atoms. The number of rotatable bonds is 1. The molecule has 0 unspecified atom stereocenters. The van der Waals surface area contributed by atoms with Crippen molar-refractivity contribution < 1.29 is 4.79 Å². The molecule has 2 heterocycles. The maximum atomic E-state index is 11.2. The highest BCUT2D eigenvalue weighted by Crippen LogP contribution is 2.40. The number of hydrogen-bond donors (Lipinski definition) is 0. The largest absolute Gasteiger partial charge is 0.276 e. The van der Waals surface area contributed by atoms with Crippen molar-refractivity contribution in [2.75, 3.05) is 0 Å². The molecule has 0 aliphatic carbocycles. The van der Waals surface area contributed by atoms with Crippen molar-refractivity contribution in [3.05, 3.63) is 47.8 Å². The van der Waals surface area contributed by atoms with Crippen LogP contribution in [0.3, 0.4) is 0 Å². The van der Waals surface area contributed by atoms with E-state index in [1.54, 1.807) is 18.3 Å². The van der Waals surface area contributed by atoms with Crippen molar-refractivity contribution in [1.82, 2.24) is 4.98 Å². The molecule has 2 aromatic rings. The Hall–Kier alpha value is -1.36. The van der Waals surface area contributed by atoms with E-state index in [9.17, 15) is 4.79 Å². The first-order valence-electron chi connectivity index (χ1n) is 5.36. The second-order valence-electron chi connectivity index (χ2n) is 3.81. The summed E-state index contributed by atoms with van der Waals surface area (Å²) >= 11 is 13.2. The van der Waals surface area contributed by atoms with Crippen molar-refractivity contribution in [2.45, 2.75) is 9.79 Å². The van der Waals surface area contributed by atoms with Crippen LogP contribution in [-0.4, -0.2) is 15.4 Å². The second-order valence-corrected chi connectivity index (χ2v) is 5.60. The van der Waals surface area contributed by atoms with Gasteiger partial charge in [-0.25, -0.2) is 4.99 Å². The third-order valence-electron chi connectivity index (χ3n) is 2.59. The Balaban J connectivity index is 2.19. The lowest BCUT2D eigenvalue weighted by Gasteiger charge is -2.04. The molecule has 0 N–H and O–H groups in total. The van der Waals surface area contributed by atoms with E-state index in [1.165, 1.54) is 11.8 Å². The molecule has 1 aromatic heterocycles. The standard InChI is InChI=1S/C13H6Cl2N2OS/c14-12-11-10(2-1-5-16-11)19-9-4-3-7(13(15)18)6-8(9)17-12/h1-6H. The zero-order valence-corrected chi connectivity index (χ0v) is 11.8. The lowest BCUT2D eigenvalue weighted by Crippen LogP contribution is -1.95. The van der Waals surface area contributed by atoms with Crippen LogP contribution in [0.4, 0.5) is 5.69 Å². The Morgan fingerprint density at radius 1 is 1.21 bits per heavy atom. The Morgan fingerprint density at radius 3 is 2.84 bits per heavy atom. The maximum absolute atomic E-state index is 11.2. The van der Waals surface area contributed by atoms with Crippen LogP contribution < -0.4 is 0 Å². The van der Waals surface area contributed by atoms with Crippen LogP contribution in [0.15, 0.2) is 51.3 Å². The van der Waals surface area contributed by atoms with Gasteiger partial charge in [-0.05, 0) is 41.9 Å². The Bertz CT molecular complexity index is 716. The Morgan fingerprint density at radius 2 is 2.05 bits per heavy atom. The molecule has 1 aliphatic rings. The summed E-state index contributed by atoms with van der Waals surface area (Å²) in [6.07, 6.45) is 1.67. The second kappa shape index (κ2) is 4.96. The lowest BCUT2D eigenvalue weighted by molar-refractivity contribution is 0.108. The molecule has 0 fully saturated rings. The molecule has 0 atom stereocenters. The van der Waals surface area contributed by atoms with Crippen LogP contribution in [0.2, 0.25) is 0 Å². The van der Waals surface area contributed by atoms with Gasteiger partial charge in [0.1, 0.15) is 5.69 Å². The van der Waals surface area contributed by atoms with Gasteiger partial charge in [0, 0.05) is 21.6 Å². The van der Waals surface area contributed by atoms with E-state index in [2.05, 4.69) is 9.98 Å². The van der Waals surface area contributed by atoms with Gasteiger partial charge in [0.05, 0.1) is 5.69 Å². The predicted molar refractivity (Wildman–Crippen MR) is 77.0 cm³/mol. The van der Waals surface area contributed by atoms with Crippen molar-refractivity contribution in [2.24, 2.45) is 4.99 Å². The number of hydrogen-bond acceptors (Lipinski definition) is 4. The summed E-state index contributed by atoms with van der Waals surface area (Å²) in [7, 11) is 0. The van der Waals surface area contributed by atoms with Gasteiger partial charge in [0.15, 0.2) is 5.17 Å². The number of fused-ring (bicyclic) bond motifs is 2. The smallest absolute Gasteiger partial charge is 0.252 e. The molecule has 3 nitrogen and oxygen atoms in total. The molecule has 3 rings (SSSR count). The molecular formula is C13H6Cl2N2OS. The topological polar surface area (TPSA) is 42.3 Å². The van der Waals surface area contributed by atoms with Crippen LogP contribution in [0.5, 0.6) is 0 Å². The molecule has 1 aliphatic heterocycles. The minimum Gasteiger partial charge on any atom is -0.276 e. The van der Waals surface area contributed by atoms with Crippen LogP contribution in [0.1, 0.15) is 16.1 Å². The molecule has 0 saturated carbocycles. The summed E-state index contributed by atoms with van der Waals surface area (Å²) in [5.41, 5.74) is 1.66. The van der Waals surface area contributed by atoms with E-state index in [-0.39, 0.29) is 0 Å². The monoisotopic (exact) mass is 308 g/mol. The molecule has 0 spiro atoms. The molecule has 1 aromatic carbocycles. The van der Waals surface area contributed by atoms with E-state index in [0.29, 0.717) is 22.1 Å². The Labute approximate surface area is 123 Å². The van der Waals surface area contributed by atoms with E-state index >= 15 is 0 Å². The van der Waals surface area contributed by atoms with Gasteiger partial charge in [-0.2, -0.15) is 0 Å². The first-order chi connectivity index (χ1) is 9.15. The minimum absolute atomic E-state index is 0.307. The number of carbonyl (C=O) groups is 1. The third kappa shape index (κ3) is 2.39. The summed E-state index contributed by atoms with van der Waals surface area (Å²) in [5, 5.41) is -0.208. The van der Waals surface area contributed by atoms with Crippen molar-refractivity contribution >= 4 is 51.1 Å². The fourth-order valence-electron chi connectivity index (χ4n) is 1.72. The predicted octanol–water partition coefficient (Wildman–Crippen LogP) is 4.24. The fraction of sp³-hybridized carbons (Fsp3) is 0. The van der Waals surface area contributed by atoms with E-state index in [0.717, 1.165) is 9.79 Å². The number of halogens is 2. The van der Waals surface area contributed by atoms with Crippen molar-refractivity contribution in [3.8, 4) is 0 Å². The summed E-state index contributed by atoms with van der Waals surface area (Å²) in [4.78, 5) is 21.6. The zero-order valence-electron chi connectivity index (χ0n) is 9.43. The third-order valence-corrected chi connectivity index (χ3v) is 4.19. The molecule has 19 heavy (non-hydrogen) atoms. The molecule has 0 amide bonds. The van der Waals surface area contributed by atoms with Gasteiger partial charge in [-0.1, -0.05) is 23.4 Å². The minimum atomic E-state index is -0.515. The fourth-order valence-corrected chi connectivity index (χ4v) is 3.11. The van der Waals surface area contributed by atoms with Crippen molar-refractivity contribution in [1.29, 1.82) is 0 Å². The van der Waals surface area contributed by atoms with E-state index in [1.807, 2.05) is 18.2 Å². The molecule has 94 valence electrons. The summed E-state index contributed by atoms with van der Waals surface area (Å²) in [5.74, 6) is 0. The zero-order chi connectivity index (χ0) is 13.4. The number of pyridine rings is 1. The number of benzene rings is 1. The summed E-state index contributed by atoms with van der Waals surface area (Å²) < 4.78 is 0. The molecule has 0 saturated heterocycles. The molecular weight excluding hydrogens is 303 g/mol. The SMILES string of the molecule is O=C(Cl)c1ccc2c(c1)N=C(Cl)c1ncccc1S2. The summed E-state index contributed by atoms with van der Waals surface area (Å²) in [6.45, 7) is 0. The van der Waals surface area contributed by atoms with Crippen LogP contribution in [0.25, 0.3) is 0 Å². The highest BCUT2D eigenvalue weighted by molar-refractivity contribution is 7.99. The van der Waals surface area contributed by atoms with Crippen LogP contribution in [0, 0.1) is 0 Å². The van der Waals surface area contributed by atoms with Crippen LogP contribution >= 0.6 is 35.0 Å². The van der Waals surface area contributed by atoms with Crippen LogP contribution in [-0.2, 0) is 0 Å². The first-order valence-corrected chi connectivity index (χ1v) is 6.94. The highest BCUT2D eigenvalue weighted by atomic mass is 35.5. The van der Waals surface area contributed by atoms with Gasteiger partial charge in [0.25, 0.3) is 5.24 Å². The quantitative estimate of drug-likeness (QED) is 0.740. The van der Waals surface area contributed by atoms with Gasteiger partial charge in [-0.3, -0.25) is 9.78 Å². The average molecular weight is 309 g/mol. The van der Waals surface area contributed by atoms with Gasteiger partial charge in [-0.15, -0.1) is 0 Å². The van der Waals surface area contributed by atoms with Gasteiger partial charge >= 0.3 is 0 Å². The highest BCUT2D eigenvalue weighted by Gasteiger charge is 2.18. The maximum Gasteiger partial charge on any atom is 0.252 e. The molecule has 6 heteroatoms. The number of carbonyl (C=O) groups excluding carboxylic acids is 1. The first kappa shape index (κ1) is 12.7. The normalized spacial score (nSPS) is 13.1. The molecule has 0 radical (unpaired) electrons. The van der Waals surface area contributed by atoms with Gasteiger partial charge < -0.3 is 0 Å². The number of nitrogens with zero attached hydrogens (tertiary/aromatic N) is 2. The van der Waals surface area contributed by atoms with E-state index < -0.39 is 5.24 Å².